The average Bonchev–Trinajstić information content (AvgIpc) is 2.15. The van der Waals surface area contributed by atoms with Crippen LogP contribution in [-0.2, 0) is 4.79 Å². The second-order valence-electron chi connectivity index (χ2n) is 4.59. The maximum absolute atomic E-state index is 11.5. The van der Waals surface area contributed by atoms with Gasteiger partial charge in [0.1, 0.15) is 0 Å². The second-order valence-corrected chi connectivity index (χ2v) is 4.59. The Morgan fingerprint density at radius 3 is 2.40 bits per heavy atom. The van der Waals surface area contributed by atoms with E-state index in [1.807, 2.05) is 0 Å². The molecule has 0 aliphatic rings. The van der Waals surface area contributed by atoms with Crippen LogP contribution in [0.4, 0.5) is 0 Å². The van der Waals surface area contributed by atoms with Crippen molar-refractivity contribution < 1.29 is 9.90 Å². The minimum absolute atomic E-state index is 0.0207. The van der Waals surface area contributed by atoms with Crippen LogP contribution in [0.5, 0.6) is 0 Å². The number of aliphatic hydroxyl groups excluding tert-OH is 1. The molecule has 0 fully saturated rings. The number of nitrogens with one attached hydrogen (secondary N) is 1. The summed E-state index contributed by atoms with van der Waals surface area (Å²) >= 11 is 0. The summed E-state index contributed by atoms with van der Waals surface area (Å²) in [4.78, 5) is 11.5. The maximum Gasteiger partial charge on any atom is 0.220 e. The van der Waals surface area contributed by atoms with Crippen molar-refractivity contribution in [1.82, 2.24) is 5.32 Å². The van der Waals surface area contributed by atoms with Crippen LogP contribution >= 0.6 is 0 Å². The van der Waals surface area contributed by atoms with E-state index in [2.05, 4.69) is 19.2 Å². The van der Waals surface area contributed by atoms with Crippen LogP contribution in [-0.4, -0.2) is 30.2 Å². The van der Waals surface area contributed by atoms with Gasteiger partial charge in [-0.1, -0.05) is 13.8 Å². The van der Waals surface area contributed by atoms with Crippen molar-refractivity contribution >= 4 is 5.91 Å². The van der Waals surface area contributed by atoms with Crippen molar-refractivity contribution in [3.05, 3.63) is 0 Å². The van der Waals surface area contributed by atoms with Crippen LogP contribution < -0.4 is 11.1 Å². The van der Waals surface area contributed by atoms with Gasteiger partial charge in [0, 0.05) is 12.5 Å². The summed E-state index contributed by atoms with van der Waals surface area (Å²) in [6.07, 6.45) is 1.43. The van der Waals surface area contributed by atoms with E-state index < -0.39 is 0 Å². The fraction of sp³-hybridized carbons (Fsp3) is 0.909. The van der Waals surface area contributed by atoms with Crippen LogP contribution in [0.25, 0.3) is 0 Å². The van der Waals surface area contributed by atoms with Gasteiger partial charge in [0.2, 0.25) is 5.91 Å². The summed E-state index contributed by atoms with van der Waals surface area (Å²) in [5.74, 6) is 0.783. The Hall–Kier alpha value is -0.610. The predicted molar refractivity (Wildman–Crippen MR) is 61.3 cm³/mol. The molecule has 0 aliphatic carbocycles. The first-order chi connectivity index (χ1) is 6.99. The lowest BCUT2D eigenvalue weighted by Gasteiger charge is -2.18. The topological polar surface area (TPSA) is 75.4 Å². The molecule has 4 N–H and O–H groups in total. The molecule has 0 aromatic heterocycles. The number of nitrogens with two attached hydrogens (primary N) is 1. The van der Waals surface area contributed by atoms with Gasteiger partial charge in [0.25, 0.3) is 0 Å². The van der Waals surface area contributed by atoms with E-state index in [-0.39, 0.29) is 24.5 Å². The van der Waals surface area contributed by atoms with Crippen LogP contribution in [0.1, 0.15) is 33.6 Å². The zero-order chi connectivity index (χ0) is 11.8. The molecule has 4 nitrogen and oxygen atoms in total. The average molecular weight is 216 g/mol. The van der Waals surface area contributed by atoms with Crippen molar-refractivity contribution in [1.29, 1.82) is 0 Å². The summed E-state index contributed by atoms with van der Waals surface area (Å²) in [7, 11) is 0. The lowest BCUT2D eigenvalue weighted by Crippen LogP contribution is -2.37. The zero-order valence-electron chi connectivity index (χ0n) is 9.99. The van der Waals surface area contributed by atoms with Crippen molar-refractivity contribution in [3.8, 4) is 0 Å². The van der Waals surface area contributed by atoms with E-state index in [1.54, 1.807) is 6.92 Å². The predicted octanol–water partition coefficient (Wildman–Crippen LogP) is 0.495. The van der Waals surface area contributed by atoms with Gasteiger partial charge in [0.15, 0.2) is 0 Å². The van der Waals surface area contributed by atoms with Crippen molar-refractivity contribution in [2.45, 2.75) is 39.7 Å². The Balaban J connectivity index is 3.90. The summed E-state index contributed by atoms with van der Waals surface area (Å²) in [5, 5.41) is 11.5. The molecule has 0 aromatic carbocycles. The van der Waals surface area contributed by atoms with Crippen LogP contribution in [0.2, 0.25) is 0 Å². The fourth-order valence-electron chi connectivity index (χ4n) is 1.57. The quantitative estimate of drug-likeness (QED) is 0.580. The van der Waals surface area contributed by atoms with Gasteiger partial charge in [-0.3, -0.25) is 4.79 Å². The minimum atomic E-state index is -0.171. The number of aliphatic hydroxyl groups is 1. The van der Waals surface area contributed by atoms with E-state index in [1.165, 1.54) is 0 Å². The second kappa shape index (κ2) is 7.65. The van der Waals surface area contributed by atoms with E-state index in [0.717, 1.165) is 6.42 Å². The monoisotopic (exact) mass is 216 g/mol. The van der Waals surface area contributed by atoms with E-state index in [4.69, 9.17) is 10.8 Å². The molecule has 0 rings (SSSR count). The van der Waals surface area contributed by atoms with Crippen molar-refractivity contribution in [3.63, 3.8) is 0 Å². The molecule has 4 heteroatoms. The standard InChI is InChI=1S/C11H24N2O2/c1-8(2)4-10(6-12)5-11(15)13-9(3)7-14/h8-10,14H,4-7,12H2,1-3H3,(H,13,15)/t9-,10?/m0/s1. The van der Waals surface area contributed by atoms with Gasteiger partial charge < -0.3 is 16.2 Å². The summed E-state index contributed by atoms with van der Waals surface area (Å²) in [6.45, 7) is 6.54. The number of hydrogen-bond donors (Lipinski definition) is 3. The molecule has 1 unspecified atom stereocenters. The van der Waals surface area contributed by atoms with E-state index >= 15 is 0 Å². The first-order valence-electron chi connectivity index (χ1n) is 5.59. The smallest absolute Gasteiger partial charge is 0.220 e. The van der Waals surface area contributed by atoms with Gasteiger partial charge in [-0.2, -0.15) is 0 Å². The number of rotatable bonds is 7. The number of carbonyl (C=O) groups is 1. The highest BCUT2D eigenvalue weighted by molar-refractivity contribution is 5.76. The minimum Gasteiger partial charge on any atom is -0.394 e. The highest BCUT2D eigenvalue weighted by atomic mass is 16.3. The Bertz CT molecular complexity index is 183. The largest absolute Gasteiger partial charge is 0.394 e. The van der Waals surface area contributed by atoms with Gasteiger partial charge in [-0.15, -0.1) is 0 Å². The number of hydrogen-bond acceptors (Lipinski definition) is 3. The van der Waals surface area contributed by atoms with Gasteiger partial charge in [-0.05, 0) is 31.7 Å². The Morgan fingerprint density at radius 1 is 1.40 bits per heavy atom. The molecule has 0 radical (unpaired) electrons. The van der Waals surface area contributed by atoms with E-state index in [0.29, 0.717) is 18.9 Å². The molecule has 0 spiro atoms. The third-order valence-electron chi connectivity index (χ3n) is 2.29. The summed E-state index contributed by atoms with van der Waals surface area (Å²) in [6, 6.07) is -0.171. The Morgan fingerprint density at radius 2 is 2.00 bits per heavy atom. The normalized spacial score (nSPS) is 15.1. The third-order valence-corrected chi connectivity index (χ3v) is 2.29. The van der Waals surface area contributed by atoms with E-state index in [9.17, 15) is 4.79 Å². The lowest BCUT2D eigenvalue weighted by atomic mass is 9.94. The third kappa shape index (κ3) is 7.33. The highest BCUT2D eigenvalue weighted by Gasteiger charge is 2.15. The molecule has 0 saturated carbocycles. The highest BCUT2D eigenvalue weighted by Crippen LogP contribution is 2.13. The molecule has 0 heterocycles. The summed E-state index contributed by atoms with van der Waals surface area (Å²) < 4.78 is 0. The van der Waals surface area contributed by atoms with Gasteiger partial charge in [-0.25, -0.2) is 0 Å². The Labute approximate surface area is 92.2 Å². The molecular weight excluding hydrogens is 192 g/mol. The number of carbonyl (C=O) groups excluding carboxylic acids is 1. The van der Waals surface area contributed by atoms with Gasteiger partial charge >= 0.3 is 0 Å². The molecule has 15 heavy (non-hydrogen) atoms. The van der Waals surface area contributed by atoms with Crippen LogP contribution in [0.15, 0.2) is 0 Å². The molecule has 0 bridgehead atoms. The molecule has 2 atom stereocenters. The maximum atomic E-state index is 11.5. The number of amides is 1. The molecular formula is C11H24N2O2. The first kappa shape index (κ1) is 14.4. The van der Waals surface area contributed by atoms with Crippen molar-refractivity contribution in [2.24, 2.45) is 17.6 Å². The Kier molecular flexibility index (Phi) is 7.34. The lowest BCUT2D eigenvalue weighted by molar-refractivity contribution is -0.122. The summed E-state index contributed by atoms with van der Waals surface area (Å²) in [5.41, 5.74) is 5.60. The van der Waals surface area contributed by atoms with Crippen LogP contribution in [0.3, 0.4) is 0 Å². The molecule has 90 valence electrons. The zero-order valence-corrected chi connectivity index (χ0v) is 9.99. The molecule has 0 saturated heterocycles. The SMILES string of the molecule is CC(C)CC(CN)CC(=O)N[C@@H](C)CO. The fourth-order valence-corrected chi connectivity index (χ4v) is 1.57. The first-order valence-corrected chi connectivity index (χ1v) is 5.59. The molecule has 0 aromatic rings. The van der Waals surface area contributed by atoms with Gasteiger partial charge in [0.05, 0.1) is 6.61 Å². The van der Waals surface area contributed by atoms with Crippen molar-refractivity contribution in [2.75, 3.05) is 13.2 Å². The molecule has 1 amide bonds. The molecule has 0 aliphatic heterocycles. The van der Waals surface area contributed by atoms with Crippen LogP contribution in [0, 0.1) is 11.8 Å².